The summed E-state index contributed by atoms with van der Waals surface area (Å²) >= 11 is 3.64. The van der Waals surface area contributed by atoms with E-state index in [4.69, 9.17) is 9.47 Å². The zero-order valence-electron chi connectivity index (χ0n) is 11.0. The molecular weight excluding hydrogens is 294 g/mol. The molecule has 3 nitrogen and oxygen atoms in total. The number of fused-ring (bicyclic) bond motifs is 1. The van der Waals surface area contributed by atoms with Crippen LogP contribution in [0.5, 0.6) is 11.5 Å². The summed E-state index contributed by atoms with van der Waals surface area (Å²) in [5.41, 5.74) is 1.24. The van der Waals surface area contributed by atoms with E-state index in [1.807, 2.05) is 6.07 Å². The summed E-state index contributed by atoms with van der Waals surface area (Å²) in [6.07, 6.45) is 1.98. The van der Waals surface area contributed by atoms with Gasteiger partial charge in [-0.1, -0.05) is 29.8 Å². The van der Waals surface area contributed by atoms with Crippen molar-refractivity contribution in [2.24, 2.45) is 0 Å². The standard InChI is InChI=1S/C14H20BrNO2/c1-3-12(16-4-2)10-8-13-14(9-11(10)15)18-7-5-6-17-13/h8-9,12,16H,3-7H2,1-2H3. The Labute approximate surface area is 117 Å². The largest absolute Gasteiger partial charge is 0.490 e. The summed E-state index contributed by atoms with van der Waals surface area (Å²) in [6.45, 7) is 6.72. The zero-order chi connectivity index (χ0) is 13.0. The molecule has 18 heavy (non-hydrogen) atoms. The Bertz CT molecular complexity index is 409. The van der Waals surface area contributed by atoms with Gasteiger partial charge in [-0.25, -0.2) is 0 Å². The fourth-order valence-electron chi connectivity index (χ4n) is 2.19. The monoisotopic (exact) mass is 313 g/mol. The molecule has 4 heteroatoms. The van der Waals surface area contributed by atoms with E-state index in [1.54, 1.807) is 0 Å². The van der Waals surface area contributed by atoms with Crippen molar-refractivity contribution in [2.45, 2.75) is 32.7 Å². The molecule has 1 aromatic rings. The Kier molecular flexibility index (Phi) is 4.89. The highest BCUT2D eigenvalue weighted by molar-refractivity contribution is 9.10. The van der Waals surface area contributed by atoms with Crippen LogP contribution in [0.1, 0.15) is 38.3 Å². The van der Waals surface area contributed by atoms with E-state index < -0.39 is 0 Å². The first-order valence-electron chi connectivity index (χ1n) is 6.58. The summed E-state index contributed by atoms with van der Waals surface area (Å²) in [4.78, 5) is 0. The van der Waals surface area contributed by atoms with E-state index in [2.05, 4.69) is 41.2 Å². The van der Waals surface area contributed by atoms with Gasteiger partial charge in [-0.05, 0) is 30.7 Å². The molecular formula is C14H20BrNO2. The Hall–Kier alpha value is -0.740. The van der Waals surface area contributed by atoms with Gasteiger partial charge < -0.3 is 14.8 Å². The van der Waals surface area contributed by atoms with Gasteiger partial charge in [-0.2, -0.15) is 0 Å². The predicted molar refractivity (Wildman–Crippen MR) is 76.5 cm³/mol. The topological polar surface area (TPSA) is 30.5 Å². The minimum atomic E-state index is 0.349. The average molecular weight is 314 g/mol. The van der Waals surface area contributed by atoms with Crippen molar-refractivity contribution < 1.29 is 9.47 Å². The lowest BCUT2D eigenvalue weighted by Crippen LogP contribution is -2.20. The summed E-state index contributed by atoms with van der Waals surface area (Å²) < 4.78 is 12.5. The van der Waals surface area contributed by atoms with Gasteiger partial charge in [0.25, 0.3) is 0 Å². The third kappa shape index (κ3) is 2.98. The Morgan fingerprint density at radius 3 is 2.50 bits per heavy atom. The van der Waals surface area contributed by atoms with Gasteiger partial charge >= 0.3 is 0 Å². The van der Waals surface area contributed by atoms with E-state index in [0.717, 1.165) is 48.6 Å². The van der Waals surface area contributed by atoms with Crippen LogP contribution < -0.4 is 14.8 Å². The van der Waals surface area contributed by atoms with Crippen molar-refractivity contribution in [1.82, 2.24) is 5.32 Å². The molecule has 0 radical (unpaired) electrons. The van der Waals surface area contributed by atoms with Crippen LogP contribution in [-0.4, -0.2) is 19.8 Å². The van der Waals surface area contributed by atoms with Crippen LogP contribution in [0.25, 0.3) is 0 Å². The second kappa shape index (κ2) is 6.43. The van der Waals surface area contributed by atoms with Crippen molar-refractivity contribution in [2.75, 3.05) is 19.8 Å². The maximum absolute atomic E-state index is 5.74. The summed E-state index contributed by atoms with van der Waals surface area (Å²) in [6, 6.07) is 4.47. The smallest absolute Gasteiger partial charge is 0.162 e. The molecule has 0 saturated carbocycles. The van der Waals surface area contributed by atoms with Crippen LogP contribution in [-0.2, 0) is 0 Å². The molecule has 1 atom stereocenters. The third-order valence-corrected chi connectivity index (χ3v) is 3.79. The van der Waals surface area contributed by atoms with E-state index in [9.17, 15) is 0 Å². The number of ether oxygens (including phenoxy) is 2. The molecule has 0 bridgehead atoms. The van der Waals surface area contributed by atoms with E-state index in [1.165, 1.54) is 5.56 Å². The molecule has 1 aliphatic heterocycles. The maximum Gasteiger partial charge on any atom is 0.162 e. The SMILES string of the molecule is CCNC(CC)c1cc2c(cc1Br)OCCCO2. The average Bonchev–Trinajstić information content (AvgIpc) is 2.60. The normalized spacial score (nSPS) is 16.2. The molecule has 1 aliphatic rings. The van der Waals surface area contributed by atoms with Crippen molar-refractivity contribution in [3.8, 4) is 11.5 Å². The summed E-state index contributed by atoms with van der Waals surface area (Å²) in [5, 5.41) is 3.49. The number of benzene rings is 1. The van der Waals surface area contributed by atoms with Crippen molar-refractivity contribution in [3.63, 3.8) is 0 Å². The molecule has 1 N–H and O–H groups in total. The number of hydrogen-bond acceptors (Lipinski definition) is 3. The van der Waals surface area contributed by atoms with Crippen LogP contribution in [0.4, 0.5) is 0 Å². The molecule has 0 saturated heterocycles. The number of halogens is 1. The van der Waals surface area contributed by atoms with Crippen molar-refractivity contribution >= 4 is 15.9 Å². The van der Waals surface area contributed by atoms with Crippen LogP contribution in [0.3, 0.4) is 0 Å². The fraction of sp³-hybridized carbons (Fsp3) is 0.571. The summed E-state index contributed by atoms with van der Waals surface area (Å²) in [5.74, 6) is 1.71. The van der Waals surface area contributed by atoms with Crippen LogP contribution in [0, 0.1) is 0 Å². The molecule has 1 aromatic carbocycles. The lowest BCUT2D eigenvalue weighted by molar-refractivity contribution is 0.297. The Morgan fingerprint density at radius 2 is 1.89 bits per heavy atom. The van der Waals surface area contributed by atoms with E-state index in [-0.39, 0.29) is 0 Å². The molecule has 0 spiro atoms. The second-order valence-corrected chi connectivity index (χ2v) is 5.24. The third-order valence-electron chi connectivity index (χ3n) is 3.10. The highest BCUT2D eigenvalue weighted by Gasteiger charge is 2.18. The van der Waals surface area contributed by atoms with Crippen LogP contribution in [0.15, 0.2) is 16.6 Å². The minimum absolute atomic E-state index is 0.349. The first kappa shape index (κ1) is 13.7. The quantitative estimate of drug-likeness (QED) is 0.920. The van der Waals surface area contributed by atoms with E-state index >= 15 is 0 Å². The minimum Gasteiger partial charge on any atom is -0.490 e. The highest BCUT2D eigenvalue weighted by atomic mass is 79.9. The molecule has 0 amide bonds. The summed E-state index contributed by atoms with van der Waals surface area (Å²) in [7, 11) is 0. The Morgan fingerprint density at radius 1 is 1.22 bits per heavy atom. The molecule has 2 rings (SSSR count). The zero-order valence-corrected chi connectivity index (χ0v) is 12.5. The maximum atomic E-state index is 5.74. The van der Waals surface area contributed by atoms with Gasteiger partial charge in [0, 0.05) is 16.9 Å². The lowest BCUT2D eigenvalue weighted by atomic mass is 10.0. The van der Waals surface area contributed by atoms with Gasteiger partial charge in [0.1, 0.15) is 0 Å². The van der Waals surface area contributed by atoms with Gasteiger partial charge in [-0.3, -0.25) is 0 Å². The van der Waals surface area contributed by atoms with Gasteiger partial charge in [0.05, 0.1) is 13.2 Å². The number of hydrogen-bond donors (Lipinski definition) is 1. The van der Waals surface area contributed by atoms with Crippen LogP contribution >= 0.6 is 15.9 Å². The molecule has 100 valence electrons. The molecule has 0 aromatic heterocycles. The van der Waals surface area contributed by atoms with Gasteiger partial charge in [0.15, 0.2) is 11.5 Å². The first-order valence-corrected chi connectivity index (χ1v) is 7.38. The first-order chi connectivity index (χ1) is 8.76. The number of rotatable bonds is 4. The predicted octanol–water partition coefficient (Wildman–Crippen LogP) is 3.67. The lowest BCUT2D eigenvalue weighted by Gasteiger charge is -2.20. The molecule has 1 unspecified atom stereocenters. The fourth-order valence-corrected chi connectivity index (χ4v) is 2.79. The van der Waals surface area contributed by atoms with Crippen molar-refractivity contribution in [1.29, 1.82) is 0 Å². The van der Waals surface area contributed by atoms with Gasteiger partial charge in [-0.15, -0.1) is 0 Å². The van der Waals surface area contributed by atoms with E-state index in [0.29, 0.717) is 6.04 Å². The number of nitrogens with one attached hydrogen (secondary N) is 1. The molecule has 1 heterocycles. The molecule has 0 fully saturated rings. The van der Waals surface area contributed by atoms with Crippen LogP contribution in [0.2, 0.25) is 0 Å². The highest BCUT2D eigenvalue weighted by Crippen LogP contribution is 2.38. The molecule has 0 aliphatic carbocycles. The Balaban J connectivity index is 2.33. The van der Waals surface area contributed by atoms with Crippen molar-refractivity contribution in [3.05, 3.63) is 22.2 Å². The van der Waals surface area contributed by atoms with Gasteiger partial charge in [0.2, 0.25) is 0 Å². The second-order valence-electron chi connectivity index (χ2n) is 4.39.